The van der Waals surface area contributed by atoms with Crippen molar-refractivity contribution >= 4 is 0 Å². The Bertz CT molecular complexity index is 315. The largest absolute Gasteiger partial charge is 0.316 e. The van der Waals surface area contributed by atoms with Crippen molar-refractivity contribution in [1.82, 2.24) is 5.32 Å². The van der Waals surface area contributed by atoms with E-state index < -0.39 is 0 Å². The summed E-state index contributed by atoms with van der Waals surface area (Å²) in [6.07, 6.45) is 2.53. The van der Waals surface area contributed by atoms with E-state index in [0.29, 0.717) is 5.92 Å². The Morgan fingerprint density at radius 2 is 1.82 bits per heavy atom. The summed E-state index contributed by atoms with van der Waals surface area (Å²) in [6, 6.07) is 9.00. The van der Waals surface area contributed by atoms with Crippen molar-refractivity contribution in [2.45, 2.75) is 46.5 Å². The van der Waals surface area contributed by atoms with Gasteiger partial charge in [-0.1, -0.05) is 63.4 Å². The summed E-state index contributed by atoms with van der Waals surface area (Å²) in [5, 5.41) is 3.52. The van der Waals surface area contributed by atoms with Gasteiger partial charge in [-0.15, -0.1) is 0 Å². The van der Waals surface area contributed by atoms with Crippen LogP contribution in [0.25, 0.3) is 0 Å². The highest BCUT2D eigenvalue weighted by Gasteiger charge is 2.19. The molecule has 0 aliphatic heterocycles. The van der Waals surface area contributed by atoms with Crippen LogP contribution in [0.1, 0.15) is 50.7 Å². The first kappa shape index (κ1) is 14.2. The van der Waals surface area contributed by atoms with Gasteiger partial charge in [0.1, 0.15) is 0 Å². The molecule has 0 heterocycles. The SMILES string of the molecule is CCNCC(c1cccc(C)c1)C(CC)CC. The van der Waals surface area contributed by atoms with Gasteiger partial charge in [0.25, 0.3) is 0 Å². The zero-order valence-electron chi connectivity index (χ0n) is 11.8. The highest BCUT2D eigenvalue weighted by molar-refractivity contribution is 5.26. The highest BCUT2D eigenvalue weighted by atomic mass is 14.8. The number of rotatable bonds is 7. The topological polar surface area (TPSA) is 12.0 Å². The molecule has 1 rings (SSSR count). The monoisotopic (exact) mass is 233 g/mol. The average Bonchev–Trinajstić information content (AvgIpc) is 2.34. The Labute approximate surface area is 107 Å². The smallest absolute Gasteiger partial charge is 0.00227 e. The summed E-state index contributed by atoms with van der Waals surface area (Å²) in [4.78, 5) is 0. The molecule has 1 unspecified atom stereocenters. The standard InChI is InChI=1S/C16H27N/c1-5-14(6-2)16(12-17-7-3)15-10-8-9-13(4)11-15/h8-11,14,16-17H,5-7,12H2,1-4H3. The van der Waals surface area contributed by atoms with Gasteiger partial charge in [0.15, 0.2) is 0 Å². The first-order valence-corrected chi connectivity index (χ1v) is 7.00. The molecule has 0 aromatic heterocycles. The Balaban J connectivity index is 2.88. The maximum atomic E-state index is 3.52. The summed E-state index contributed by atoms with van der Waals surface area (Å²) in [7, 11) is 0. The molecule has 1 heteroatoms. The molecule has 1 N–H and O–H groups in total. The summed E-state index contributed by atoms with van der Waals surface area (Å²) < 4.78 is 0. The van der Waals surface area contributed by atoms with Gasteiger partial charge in [-0.2, -0.15) is 0 Å². The third-order valence-corrected chi connectivity index (χ3v) is 3.70. The van der Waals surface area contributed by atoms with Crippen LogP contribution in [0.15, 0.2) is 24.3 Å². The Hall–Kier alpha value is -0.820. The number of aryl methyl sites for hydroxylation is 1. The fourth-order valence-corrected chi connectivity index (χ4v) is 2.61. The average molecular weight is 233 g/mol. The Morgan fingerprint density at radius 1 is 1.12 bits per heavy atom. The Morgan fingerprint density at radius 3 is 2.35 bits per heavy atom. The third kappa shape index (κ3) is 4.16. The maximum Gasteiger partial charge on any atom is 0.00227 e. The van der Waals surface area contributed by atoms with Crippen LogP contribution < -0.4 is 5.32 Å². The molecule has 0 aliphatic rings. The molecule has 1 aromatic carbocycles. The van der Waals surface area contributed by atoms with Crippen molar-refractivity contribution in [2.24, 2.45) is 5.92 Å². The molecular formula is C16H27N. The van der Waals surface area contributed by atoms with E-state index >= 15 is 0 Å². The van der Waals surface area contributed by atoms with Gasteiger partial charge in [0, 0.05) is 6.54 Å². The van der Waals surface area contributed by atoms with Crippen molar-refractivity contribution < 1.29 is 0 Å². The summed E-state index contributed by atoms with van der Waals surface area (Å²) in [6.45, 7) is 11.1. The lowest BCUT2D eigenvalue weighted by Crippen LogP contribution is -2.26. The summed E-state index contributed by atoms with van der Waals surface area (Å²) in [5.41, 5.74) is 2.87. The number of benzene rings is 1. The molecule has 0 fully saturated rings. The van der Waals surface area contributed by atoms with Gasteiger partial charge in [0.2, 0.25) is 0 Å². The number of likely N-dealkylation sites (N-methyl/N-ethyl adjacent to an activating group) is 1. The normalized spacial score (nSPS) is 13.0. The van der Waals surface area contributed by atoms with E-state index in [1.807, 2.05) is 0 Å². The van der Waals surface area contributed by atoms with Gasteiger partial charge >= 0.3 is 0 Å². The molecule has 0 saturated heterocycles. The second-order valence-corrected chi connectivity index (χ2v) is 4.90. The molecule has 96 valence electrons. The summed E-state index contributed by atoms with van der Waals surface area (Å²) in [5.74, 6) is 1.45. The molecule has 0 saturated carbocycles. The number of hydrogen-bond acceptors (Lipinski definition) is 1. The van der Waals surface area contributed by atoms with Gasteiger partial charge in [0.05, 0.1) is 0 Å². The molecule has 0 radical (unpaired) electrons. The van der Waals surface area contributed by atoms with E-state index in [2.05, 4.69) is 57.3 Å². The van der Waals surface area contributed by atoms with Crippen LogP contribution >= 0.6 is 0 Å². The van der Waals surface area contributed by atoms with Crippen molar-refractivity contribution in [3.8, 4) is 0 Å². The summed E-state index contributed by atoms with van der Waals surface area (Å²) >= 11 is 0. The van der Waals surface area contributed by atoms with Gasteiger partial charge in [-0.05, 0) is 30.9 Å². The van der Waals surface area contributed by atoms with Crippen molar-refractivity contribution in [2.75, 3.05) is 13.1 Å². The minimum atomic E-state index is 0.657. The van der Waals surface area contributed by atoms with Crippen molar-refractivity contribution in [3.63, 3.8) is 0 Å². The van der Waals surface area contributed by atoms with Crippen LogP contribution in [-0.4, -0.2) is 13.1 Å². The second-order valence-electron chi connectivity index (χ2n) is 4.90. The molecule has 17 heavy (non-hydrogen) atoms. The van der Waals surface area contributed by atoms with E-state index in [-0.39, 0.29) is 0 Å². The molecule has 1 nitrogen and oxygen atoms in total. The molecule has 0 aliphatic carbocycles. The van der Waals surface area contributed by atoms with E-state index in [9.17, 15) is 0 Å². The van der Waals surface area contributed by atoms with E-state index in [1.165, 1.54) is 24.0 Å². The molecule has 0 spiro atoms. The lowest BCUT2D eigenvalue weighted by Gasteiger charge is -2.26. The number of hydrogen-bond donors (Lipinski definition) is 1. The van der Waals surface area contributed by atoms with Crippen LogP contribution in [0.5, 0.6) is 0 Å². The maximum absolute atomic E-state index is 3.52. The highest BCUT2D eigenvalue weighted by Crippen LogP contribution is 2.29. The lowest BCUT2D eigenvalue weighted by atomic mass is 9.82. The van der Waals surface area contributed by atoms with E-state index in [4.69, 9.17) is 0 Å². The minimum absolute atomic E-state index is 0.657. The fourth-order valence-electron chi connectivity index (χ4n) is 2.61. The zero-order valence-corrected chi connectivity index (χ0v) is 11.8. The van der Waals surface area contributed by atoms with Crippen molar-refractivity contribution in [1.29, 1.82) is 0 Å². The molecule has 1 aromatic rings. The quantitative estimate of drug-likeness (QED) is 0.747. The second kappa shape index (κ2) is 7.50. The van der Waals surface area contributed by atoms with Gasteiger partial charge in [-0.25, -0.2) is 0 Å². The predicted octanol–water partition coefficient (Wildman–Crippen LogP) is 4.12. The molecule has 0 amide bonds. The Kier molecular flexibility index (Phi) is 6.28. The fraction of sp³-hybridized carbons (Fsp3) is 0.625. The lowest BCUT2D eigenvalue weighted by molar-refractivity contribution is 0.382. The van der Waals surface area contributed by atoms with Crippen LogP contribution in [0.2, 0.25) is 0 Å². The van der Waals surface area contributed by atoms with Crippen LogP contribution in [0.3, 0.4) is 0 Å². The van der Waals surface area contributed by atoms with Crippen LogP contribution in [0.4, 0.5) is 0 Å². The molecule has 1 atom stereocenters. The van der Waals surface area contributed by atoms with Gasteiger partial charge in [-0.3, -0.25) is 0 Å². The van der Waals surface area contributed by atoms with E-state index in [0.717, 1.165) is 19.0 Å². The van der Waals surface area contributed by atoms with Crippen LogP contribution in [-0.2, 0) is 0 Å². The molecule has 0 bridgehead atoms. The number of nitrogens with one attached hydrogen (secondary N) is 1. The molecular weight excluding hydrogens is 206 g/mol. The van der Waals surface area contributed by atoms with Crippen LogP contribution in [0, 0.1) is 12.8 Å². The third-order valence-electron chi connectivity index (χ3n) is 3.70. The van der Waals surface area contributed by atoms with Gasteiger partial charge < -0.3 is 5.32 Å². The van der Waals surface area contributed by atoms with E-state index in [1.54, 1.807) is 0 Å². The predicted molar refractivity (Wildman–Crippen MR) is 76.5 cm³/mol. The minimum Gasteiger partial charge on any atom is -0.316 e. The first-order chi connectivity index (χ1) is 8.22. The first-order valence-electron chi connectivity index (χ1n) is 7.00. The van der Waals surface area contributed by atoms with Crippen molar-refractivity contribution in [3.05, 3.63) is 35.4 Å². The zero-order chi connectivity index (χ0) is 12.7.